The smallest absolute Gasteiger partial charge is 0.282 e. The minimum absolute atomic E-state index is 0.0141. The molecule has 2 saturated heterocycles. The van der Waals surface area contributed by atoms with Crippen LogP contribution in [-0.4, -0.2) is 124 Å². The second-order valence-electron chi connectivity index (χ2n) is 14.8. The third-order valence-electron chi connectivity index (χ3n) is 10.7. The number of ether oxygens (including phenoxy) is 3. The van der Waals surface area contributed by atoms with Gasteiger partial charge < -0.3 is 28.9 Å². The van der Waals surface area contributed by atoms with Crippen molar-refractivity contribution in [3.63, 3.8) is 0 Å². The summed E-state index contributed by atoms with van der Waals surface area (Å²) in [6, 6.07) is 4.53. The molecular formula is C38H49F3N8O4. The van der Waals surface area contributed by atoms with Crippen molar-refractivity contribution < 1.29 is 32.2 Å². The molecule has 0 N–H and O–H groups in total. The van der Waals surface area contributed by atoms with E-state index in [1.54, 1.807) is 13.8 Å². The number of pyridine rings is 1. The minimum Gasteiger partial charge on any atom is -0.490 e. The molecule has 12 nitrogen and oxygen atoms in total. The summed E-state index contributed by atoms with van der Waals surface area (Å²) in [5.74, 6) is -2.62. The van der Waals surface area contributed by atoms with E-state index < -0.39 is 36.5 Å². The zero-order chi connectivity index (χ0) is 37.0. The lowest BCUT2D eigenvalue weighted by Gasteiger charge is -2.44. The maximum absolute atomic E-state index is 14.5. The van der Waals surface area contributed by atoms with Gasteiger partial charge in [0, 0.05) is 108 Å². The van der Waals surface area contributed by atoms with Gasteiger partial charge in [-0.15, -0.1) is 10.2 Å². The number of fused-ring (bicyclic) bond motifs is 1. The van der Waals surface area contributed by atoms with E-state index in [4.69, 9.17) is 14.2 Å². The molecular weight excluding hydrogens is 689 g/mol. The minimum atomic E-state index is -2.82. The number of piperidine rings is 1. The van der Waals surface area contributed by atoms with Gasteiger partial charge >= 0.3 is 0 Å². The summed E-state index contributed by atoms with van der Waals surface area (Å²) < 4.78 is 60.5. The topological polar surface area (TPSA) is 109 Å². The number of aromatic nitrogens is 4. The number of benzene rings is 1. The Morgan fingerprint density at radius 3 is 2.62 bits per heavy atom. The molecule has 0 bridgehead atoms. The van der Waals surface area contributed by atoms with Crippen LogP contribution in [0.15, 0.2) is 36.8 Å². The summed E-state index contributed by atoms with van der Waals surface area (Å²) in [5.41, 5.74) is 2.20. The van der Waals surface area contributed by atoms with E-state index in [1.165, 1.54) is 28.9 Å². The number of carbonyl (C=O) groups excluding carboxylic acids is 1. The highest BCUT2D eigenvalue weighted by molar-refractivity contribution is 5.97. The zero-order valence-electron chi connectivity index (χ0n) is 30.6. The van der Waals surface area contributed by atoms with Crippen molar-refractivity contribution in [2.75, 3.05) is 63.9 Å². The fraction of sp³-hybridized carbons (Fsp3) is 0.605. The van der Waals surface area contributed by atoms with E-state index >= 15 is 0 Å². The Labute approximate surface area is 308 Å². The molecule has 5 heterocycles. The molecule has 15 heteroatoms. The molecule has 0 atom stereocenters. The Hall–Kier alpha value is -4.08. The van der Waals surface area contributed by atoms with E-state index in [-0.39, 0.29) is 29.3 Å². The lowest BCUT2D eigenvalue weighted by atomic mass is 9.85. The van der Waals surface area contributed by atoms with Gasteiger partial charge in [0.15, 0.2) is 5.82 Å². The van der Waals surface area contributed by atoms with Crippen LogP contribution in [0.4, 0.5) is 19.0 Å². The van der Waals surface area contributed by atoms with Crippen LogP contribution in [0.1, 0.15) is 74.0 Å². The molecule has 53 heavy (non-hydrogen) atoms. The highest BCUT2D eigenvalue weighted by Gasteiger charge is 2.50. The van der Waals surface area contributed by atoms with Gasteiger partial charge in [0.2, 0.25) is 0 Å². The Kier molecular flexibility index (Phi) is 11.6. The monoisotopic (exact) mass is 738 g/mol. The van der Waals surface area contributed by atoms with Crippen LogP contribution in [0.2, 0.25) is 0 Å². The Morgan fingerprint density at radius 1 is 1.02 bits per heavy atom. The third-order valence-corrected chi connectivity index (χ3v) is 10.7. The van der Waals surface area contributed by atoms with Crippen molar-refractivity contribution in [2.45, 2.75) is 89.4 Å². The normalized spacial score (nSPS) is 20.1. The van der Waals surface area contributed by atoms with Crippen LogP contribution >= 0.6 is 0 Å². The van der Waals surface area contributed by atoms with E-state index in [9.17, 15) is 18.0 Å². The van der Waals surface area contributed by atoms with Crippen molar-refractivity contribution in [3.8, 4) is 17.4 Å². The van der Waals surface area contributed by atoms with Crippen LogP contribution in [-0.2, 0) is 17.7 Å². The third kappa shape index (κ3) is 9.01. The Morgan fingerprint density at radius 2 is 1.83 bits per heavy atom. The van der Waals surface area contributed by atoms with Crippen molar-refractivity contribution in [1.29, 1.82) is 0 Å². The fourth-order valence-corrected chi connectivity index (χ4v) is 7.86. The fourth-order valence-electron chi connectivity index (χ4n) is 7.86. The molecule has 0 unspecified atom stereocenters. The van der Waals surface area contributed by atoms with Crippen LogP contribution in [0.25, 0.3) is 0 Å². The summed E-state index contributed by atoms with van der Waals surface area (Å²) in [4.78, 5) is 31.3. The number of amides is 1. The maximum Gasteiger partial charge on any atom is 0.282 e. The first-order valence-corrected chi connectivity index (χ1v) is 18.9. The molecule has 3 fully saturated rings. The van der Waals surface area contributed by atoms with Crippen molar-refractivity contribution >= 4 is 11.7 Å². The number of rotatable bonds is 12. The number of hydrogen-bond acceptors (Lipinski definition) is 11. The average Bonchev–Trinajstić information content (AvgIpc) is 3.41. The van der Waals surface area contributed by atoms with E-state index in [0.717, 1.165) is 102 Å². The summed E-state index contributed by atoms with van der Waals surface area (Å²) in [6.07, 6.45) is 6.85. The van der Waals surface area contributed by atoms with Crippen molar-refractivity contribution in [3.05, 3.63) is 59.4 Å². The first-order valence-electron chi connectivity index (χ1n) is 18.9. The standard InChI is InChI=1S/C38H49F3N8O4/c1-26(2)49(28-22-38(40,41)23-28)37(50)30-21-27(39)5-6-33(30)53-36-35(43-25-44-45-36)48-16-8-29(9-17-48)52-34-7-11-42-32-10-15-47(24-31(32)34)13-3-12-46-14-4-19-51-20-18-46/h5-7,11,21,25-26,28-29H,3-4,8-10,12-20,22-24H2,1-2H3. The maximum atomic E-state index is 14.5. The van der Waals surface area contributed by atoms with Gasteiger partial charge in [-0.25, -0.2) is 18.2 Å². The number of carbonyl (C=O) groups is 1. The van der Waals surface area contributed by atoms with E-state index in [2.05, 4.69) is 30.0 Å². The highest BCUT2D eigenvalue weighted by Crippen LogP contribution is 2.42. The van der Waals surface area contributed by atoms with Gasteiger partial charge in [-0.3, -0.25) is 14.7 Å². The highest BCUT2D eigenvalue weighted by atomic mass is 19.3. The molecule has 7 rings (SSSR count). The SMILES string of the molecule is CC(C)N(C(=O)c1cc(F)ccc1Oc1nncnc1N1CCC(Oc2ccnc3c2CN(CCCN2CCCOCC2)CC3)CC1)C1CC(F)(F)C1. The van der Waals surface area contributed by atoms with Gasteiger partial charge in [-0.05, 0) is 64.0 Å². The molecule has 2 aromatic heterocycles. The number of alkyl halides is 2. The van der Waals surface area contributed by atoms with Crippen LogP contribution in [0.3, 0.4) is 0 Å². The molecule has 3 aromatic rings. The number of halogens is 3. The molecule has 1 saturated carbocycles. The first kappa shape index (κ1) is 37.2. The molecule has 286 valence electrons. The number of hydrogen-bond donors (Lipinski definition) is 0. The van der Waals surface area contributed by atoms with Crippen molar-refractivity contribution in [1.82, 2.24) is 34.9 Å². The predicted molar refractivity (Wildman–Crippen MR) is 191 cm³/mol. The molecule has 0 radical (unpaired) electrons. The molecule has 3 aliphatic heterocycles. The second-order valence-corrected chi connectivity index (χ2v) is 14.8. The van der Waals surface area contributed by atoms with E-state index in [0.29, 0.717) is 18.9 Å². The van der Waals surface area contributed by atoms with E-state index in [1.807, 2.05) is 17.2 Å². The lowest BCUT2D eigenvalue weighted by Crippen LogP contribution is -2.55. The largest absolute Gasteiger partial charge is 0.490 e. The summed E-state index contributed by atoms with van der Waals surface area (Å²) >= 11 is 0. The number of anilines is 1. The lowest BCUT2D eigenvalue weighted by molar-refractivity contribution is -0.120. The van der Waals surface area contributed by atoms with Crippen LogP contribution in [0.5, 0.6) is 17.4 Å². The van der Waals surface area contributed by atoms with Gasteiger partial charge in [0.25, 0.3) is 17.7 Å². The molecule has 1 aliphatic carbocycles. The molecule has 1 aromatic carbocycles. The first-order chi connectivity index (χ1) is 25.6. The molecule has 1 amide bonds. The predicted octanol–water partition coefficient (Wildman–Crippen LogP) is 5.36. The second kappa shape index (κ2) is 16.5. The van der Waals surface area contributed by atoms with Gasteiger partial charge in [0.1, 0.15) is 29.7 Å². The van der Waals surface area contributed by atoms with Crippen LogP contribution in [0, 0.1) is 5.82 Å². The number of nitrogens with zero attached hydrogens (tertiary/aromatic N) is 8. The average molecular weight is 739 g/mol. The molecule has 0 spiro atoms. The molecule has 4 aliphatic rings. The van der Waals surface area contributed by atoms with Crippen LogP contribution < -0.4 is 14.4 Å². The van der Waals surface area contributed by atoms with Gasteiger partial charge in [0.05, 0.1) is 12.2 Å². The van der Waals surface area contributed by atoms with Gasteiger partial charge in [-0.1, -0.05) is 0 Å². The Bertz CT molecular complexity index is 1710. The van der Waals surface area contributed by atoms with Crippen molar-refractivity contribution in [2.24, 2.45) is 0 Å². The Balaban J connectivity index is 0.975. The summed E-state index contributed by atoms with van der Waals surface area (Å²) in [7, 11) is 0. The van der Waals surface area contributed by atoms with Gasteiger partial charge in [-0.2, -0.15) is 0 Å². The summed E-state index contributed by atoms with van der Waals surface area (Å²) in [6.45, 7) is 12.4. The quantitative estimate of drug-likeness (QED) is 0.240. The zero-order valence-corrected chi connectivity index (χ0v) is 30.6. The summed E-state index contributed by atoms with van der Waals surface area (Å²) in [5, 5.41) is 8.10.